The Bertz CT molecular complexity index is 759. The van der Waals surface area contributed by atoms with E-state index >= 15 is 0 Å². The molecule has 6 nitrogen and oxygen atoms in total. The summed E-state index contributed by atoms with van der Waals surface area (Å²) in [6.07, 6.45) is 5.56. The van der Waals surface area contributed by atoms with Gasteiger partial charge in [-0.2, -0.15) is 0 Å². The summed E-state index contributed by atoms with van der Waals surface area (Å²) >= 11 is 0. The molecule has 0 bridgehead atoms. The van der Waals surface area contributed by atoms with Gasteiger partial charge in [0, 0.05) is 37.7 Å². The van der Waals surface area contributed by atoms with E-state index in [1.165, 1.54) is 19.8 Å². The summed E-state index contributed by atoms with van der Waals surface area (Å²) in [4.78, 5) is 37.6. The molecule has 0 radical (unpaired) electrons. The molecular formula is C21H26N2O4. The van der Waals surface area contributed by atoms with Crippen LogP contribution < -0.4 is 10.1 Å². The molecule has 27 heavy (non-hydrogen) atoms. The van der Waals surface area contributed by atoms with E-state index in [4.69, 9.17) is 4.74 Å². The molecule has 0 unspecified atom stereocenters. The maximum Gasteiger partial charge on any atom is 0.308 e. The minimum absolute atomic E-state index is 0.0294. The highest BCUT2D eigenvalue weighted by Gasteiger charge is 2.26. The van der Waals surface area contributed by atoms with Crippen LogP contribution in [0.25, 0.3) is 0 Å². The lowest BCUT2D eigenvalue weighted by Gasteiger charge is -2.32. The monoisotopic (exact) mass is 370 g/mol. The molecule has 1 aromatic rings. The lowest BCUT2D eigenvalue weighted by Crippen LogP contribution is -2.46. The summed E-state index contributed by atoms with van der Waals surface area (Å²) in [7, 11) is 0. The predicted molar refractivity (Wildman–Crippen MR) is 101 cm³/mol. The van der Waals surface area contributed by atoms with Crippen LogP contribution in [0.5, 0.6) is 5.75 Å². The average molecular weight is 370 g/mol. The highest BCUT2D eigenvalue weighted by Crippen LogP contribution is 2.35. The highest BCUT2D eigenvalue weighted by molar-refractivity contribution is 5.95. The van der Waals surface area contributed by atoms with Crippen molar-refractivity contribution in [1.82, 2.24) is 10.2 Å². The summed E-state index contributed by atoms with van der Waals surface area (Å²) in [5, 5.41) is 3.05. The number of allylic oxidation sites excluding steroid dienone is 1. The molecule has 1 heterocycles. The van der Waals surface area contributed by atoms with Crippen LogP contribution in [-0.2, 0) is 9.59 Å². The molecule has 0 aromatic heterocycles. The van der Waals surface area contributed by atoms with E-state index < -0.39 is 5.97 Å². The topological polar surface area (TPSA) is 75.7 Å². The molecule has 1 N–H and O–H groups in total. The third-order valence-corrected chi connectivity index (χ3v) is 5.05. The van der Waals surface area contributed by atoms with Crippen molar-refractivity contribution in [3.63, 3.8) is 0 Å². The Balaban J connectivity index is 1.51. The molecule has 2 amide bonds. The lowest BCUT2D eigenvalue weighted by atomic mass is 10.0. The third kappa shape index (κ3) is 5.42. The second-order valence-electron chi connectivity index (χ2n) is 7.36. The van der Waals surface area contributed by atoms with Gasteiger partial charge in [-0.3, -0.25) is 14.4 Å². The van der Waals surface area contributed by atoms with Gasteiger partial charge in [-0.15, -0.1) is 0 Å². The molecule has 2 aliphatic rings. The molecule has 0 spiro atoms. The largest absolute Gasteiger partial charge is 0.427 e. The van der Waals surface area contributed by atoms with E-state index in [1.807, 2.05) is 6.92 Å². The molecule has 1 aromatic carbocycles. The molecule has 6 heteroatoms. The molecule has 2 fully saturated rings. The standard InChI is InChI=1S/C21H26N2O4/c1-14(16-6-7-16)12-20(25)22-18-8-10-23(11-9-18)21(26)17-4-3-5-19(13-17)27-15(2)24/h3-5,12-13,16,18H,6-11H2,1-2H3,(H,22,25)/b14-12+. The molecule has 1 aliphatic heterocycles. The number of rotatable bonds is 5. The van der Waals surface area contributed by atoms with Gasteiger partial charge in [0.1, 0.15) is 5.75 Å². The van der Waals surface area contributed by atoms with E-state index in [9.17, 15) is 14.4 Å². The Hall–Kier alpha value is -2.63. The van der Waals surface area contributed by atoms with Crippen LogP contribution in [0.15, 0.2) is 35.9 Å². The molecule has 1 aliphatic carbocycles. The van der Waals surface area contributed by atoms with E-state index in [0.29, 0.717) is 30.3 Å². The molecule has 0 atom stereocenters. The van der Waals surface area contributed by atoms with Gasteiger partial charge >= 0.3 is 5.97 Å². The van der Waals surface area contributed by atoms with Gasteiger partial charge < -0.3 is 15.0 Å². The Morgan fingerprint density at radius 3 is 2.44 bits per heavy atom. The third-order valence-electron chi connectivity index (χ3n) is 5.05. The van der Waals surface area contributed by atoms with Gasteiger partial charge in [-0.1, -0.05) is 11.6 Å². The molecule has 144 valence electrons. The van der Waals surface area contributed by atoms with Crippen molar-refractivity contribution in [2.45, 2.75) is 45.6 Å². The first-order chi connectivity index (χ1) is 12.9. The number of hydrogen-bond donors (Lipinski definition) is 1. The first-order valence-electron chi connectivity index (χ1n) is 9.49. The van der Waals surface area contributed by atoms with Gasteiger partial charge in [-0.25, -0.2) is 0 Å². The number of ether oxygens (including phenoxy) is 1. The zero-order valence-corrected chi connectivity index (χ0v) is 15.9. The minimum atomic E-state index is -0.415. The number of hydrogen-bond acceptors (Lipinski definition) is 4. The van der Waals surface area contributed by atoms with Crippen molar-refractivity contribution in [2.24, 2.45) is 5.92 Å². The first-order valence-corrected chi connectivity index (χ1v) is 9.49. The van der Waals surface area contributed by atoms with Gasteiger partial charge in [0.15, 0.2) is 0 Å². The van der Waals surface area contributed by atoms with Crippen molar-refractivity contribution >= 4 is 17.8 Å². The van der Waals surface area contributed by atoms with Crippen molar-refractivity contribution in [1.29, 1.82) is 0 Å². The number of esters is 1. The van der Waals surface area contributed by atoms with Crippen LogP contribution in [0.2, 0.25) is 0 Å². The number of carbonyl (C=O) groups excluding carboxylic acids is 3. The van der Waals surface area contributed by atoms with Crippen molar-refractivity contribution in [3.8, 4) is 5.75 Å². The second-order valence-corrected chi connectivity index (χ2v) is 7.36. The Kier molecular flexibility index (Phi) is 5.94. The molecule has 1 saturated carbocycles. The van der Waals surface area contributed by atoms with E-state index in [0.717, 1.165) is 18.4 Å². The maximum absolute atomic E-state index is 12.7. The summed E-state index contributed by atoms with van der Waals surface area (Å²) in [6, 6.07) is 6.75. The van der Waals surface area contributed by atoms with Gasteiger partial charge in [-0.05, 0) is 56.7 Å². The quantitative estimate of drug-likeness (QED) is 0.491. The first kappa shape index (κ1) is 19.1. The Morgan fingerprint density at radius 2 is 1.81 bits per heavy atom. The van der Waals surface area contributed by atoms with Crippen LogP contribution in [-0.4, -0.2) is 41.8 Å². The zero-order valence-electron chi connectivity index (χ0n) is 15.9. The average Bonchev–Trinajstić information content (AvgIpc) is 3.46. The number of piperidine rings is 1. The van der Waals surface area contributed by atoms with Gasteiger partial charge in [0.05, 0.1) is 0 Å². The maximum atomic E-state index is 12.7. The van der Waals surface area contributed by atoms with Gasteiger partial charge in [0.25, 0.3) is 5.91 Å². The summed E-state index contributed by atoms with van der Waals surface area (Å²) in [5.41, 5.74) is 1.66. The smallest absolute Gasteiger partial charge is 0.308 e. The van der Waals surface area contributed by atoms with E-state index in [1.54, 1.807) is 35.2 Å². The van der Waals surface area contributed by atoms with Crippen molar-refractivity contribution in [3.05, 3.63) is 41.5 Å². The minimum Gasteiger partial charge on any atom is -0.427 e. The number of likely N-dealkylation sites (tertiary alicyclic amines) is 1. The van der Waals surface area contributed by atoms with E-state index in [2.05, 4.69) is 5.32 Å². The van der Waals surface area contributed by atoms with Gasteiger partial charge in [0.2, 0.25) is 5.91 Å². The molecular weight excluding hydrogens is 344 g/mol. The Morgan fingerprint density at radius 1 is 1.11 bits per heavy atom. The number of carbonyl (C=O) groups is 3. The molecule has 3 rings (SSSR count). The fourth-order valence-corrected chi connectivity index (χ4v) is 3.37. The fourth-order valence-electron chi connectivity index (χ4n) is 3.37. The van der Waals surface area contributed by atoms with E-state index in [-0.39, 0.29) is 17.9 Å². The highest BCUT2D eigenvalue weighted by atomic mass is 16.5. The van der Waals surface area contributed by atoms with Crippen LogP contribution in [0, 0.1) is 5.92 Å². The van der Waals surface area contributed by atoms with Crippen LogP contribution in [0.1, 0.15) is 49.9 Å². The zero-order chi connectivity index (χ0) is 19.4. The number of nitrogens with one attached hydrogen (secondary N) is 1. The van der Waals surface area contributed by atoms with Crippen LogP contribution >= 0.6 is 0 Å². The molecule has 1 saturated heterocycles. The summed E-state index contributed by atoms with van der Waals surface area (Å²) in [6.45, 7) is 4.52. The predicted octanol–water partition coefficient (Wildman–Crippen LogP) is 2.69. The SMILES string of the molecule is CC(=O)Oc1cccc(C(=O)N2CCC(NC(=O)/C=C(\C)C3CC3)CC2)c1. The summed E-state index contributed by atoms with van der Waals surface area (Å²) in [5.74, 6) is 0.435. The van der Waals surface area contributed by atoms with Crippen LogP contribution in [0.4, 0.5) is 0 Å². The van der Waals surface area contributed by atoms with Crippen molar-refractivity contribution in [2.75, 3.05) is 13.1 Å². The van der Waals surface area contributed by atoms with Crippen molar-refractivity contribution < 1.29 is 19.1 Å². The fraction of sp³-hybridized carbons (Fsp3) is 0.476. The normalized spacial score (nSPS) is 18.1. The number of nitrogens with zero attached hydrogens (tertiary/aromatic N) is 1. The lowest BCUT2D eigenvalue weighted by molar-refractivity contribution is -0.131. The number of amides is 2. The second kappa shape index (κ2) is 8.37. The Labute approximate surface area is 159 Å². The summed E-state index contributed by atoms with van der Waals surface area (Å²) < 4.78 is 5.04. The number of benzene rings is 1. The van der Waals surface area contributed by atoms with Crippen LogP contribution in [0.3, 0.4) is 0 Å².